The van der Waals surface area contributed by atoms with E-state index in [0.717, 1.165) is 16.6 Å². The molecule has 1 heterocycles. The summed E-state index contributed by atoms with van der Waals surface area (Å²) in [4.78, 5) is 8.09. The van der Waals surface area contributed by atoms with Crippen molar-refractivity contribution in [2.24, 2.45) is 0 Å². The zero-order chi connectivity index (χ0) is 10.7. The highest BCUT2D eigenvalue weighted by atomic mass is 35.5. The van der Waals surface area contributed by atoms with Crippen LogP contribution in [0.2, 0.25) is 5.02 Å². The van der Waals surface area contributed by atoms with E-state index in [0.29, 0.717) is 11.6 Å². The summed E-state index contributed by atoms with van der Waals surface area (Å²) < 4.78 is 0. The standard InChI is InChI=1S/C10H10ClN3O/c11-8-3-7-5-12-6-14-10(7)9(4-8)13-1-2-15/h3-6,13,15H,1-2H2. The van der Waals surface area contributed by atoms with Gasteiger partial charge < -0.3 is 10.4 Å². The summed E-state index contributed by atoms with van der Waals surface area (Å²) in [5.41, 5.74) is 1.62. The van der Waals surface area contributed by atoms with Gasteiger partial charge in [-0.25, -0.2) is 9.97 Å². The zero-order valence-electron chi connectivity index (χ0n) is 7.94. The molecule has 1 aromatic carbocycles. The first kappa shape index (κ1) is 10.1. The molecular formula is C10H10ClN3O. The van der Waals surface area contributed by atoms with Crippen molar-refractivity contribution in [3.63, 3.8) is 0 Å². The molecule has 15 heavy (non-hydrogen) atoms. The van der Waals surface area contributed by atoms with Crippen LogP contribution < -0.4 is 5.32 Å². The molecule has 0 aliphatic carbocycles. The van der Waals surface area contributed by atoms with Crippen LogP contribution in [0.5, 0.6) is 0 Å². The van der Waals surface area contributed by atoms with Crippen LogP contribution in [-0.4, -0.2) is 28.2 Å². The summed E-state index contributed by atoms with van der Waals surface area (Å²) in [7, 11) is 0. The zero-order valence-corrected chi connectivity index (χ0v) is 8.70. The van der Waals surface area contributed by atoms with Gasteiger partial charge in [0.1, 0.15) is 6.33 Å². The first-order valence-corrected chi connectivity index (χ1v) is 4.93. The molecule has 4 nitrogen and oxygen atoms in total. The average molecular weight is 224 g/mol. The van der Waals surface area contributed by atoms with Gasteiger partial charge in [0, 0.05) is 23.2 Å². The summed E-state index contributed by atoms with van der Waals surface area (Å²) in [5.74, 6) is 0. The Morgan fingerprint density at radius 1 is 1.40 bits per heavy atom. The lowest BCUT2D eigenvalue weighted by Gasteiger charge is -2.07. The van der Waals surface area contributed by atoms with E-state index in [1.165, 1.54) is 6.33 Å². The van der Waals surface area contributed by atoms with Gasteiger partial charge in [0.15, 0.2) is 0 Å². The molecule has 2 rings (SSSR count). The first-order valence-electron chi connectivity index (χ1n) is 4.55. The van der Waals surface area contributed by atoms with E-state index in [2.05, 4.69) is 15.3 Å². The molecule has 1 aromatic heterocycles. The minimum atomic E-state index is 0.0685. The van der Waals surface area contributed by atoms with Gasteiger partial charge in [-0.1, -0.05) is 11.6 Å². The average Bonchev–Trinajstić information content (AvgIpc) is 2.25. The Morgan fingerprint density at radius 3 is 3.07 bits per heavy atom. The molecule has 0 aliphatic rings. The van der Waals surface area contributed by atoms with Crippen molar-refractivity contribution in [2.75, 3.05) is 18.5 Å². The molecule has 0 amide bonds. The second kappa shape index (κ2) is 4.42. The molecule has 2 aromatic rings. The number of benzene rings is 1. The van der Waals surface area contributed by atoms with Gasteiger partial charge in [0.05, 0.1) is 17.8 Å². The predicted molar refractivity (Wildman–Crippen MR) is 60.1 cm³/mol. The van der Waals surface area contributed by atoms with Gasteiger partial charge in [-0.05, 0) is 12.1 Å². The van der Waals surface area contributed by atoms with Crippen molar-refractivity contribution in [1.82, 2.24) is 9.97 Å². The number of aliphatic hydroxyl groups is 1. The Morgan fingerprint density at radius 2 is 2.27 bits per heavy atom. The number of nitrogens with one attached hydrogen (secondary N) is 1. The molecule has 0 unspecified atom stereocenters. The number of rotatable bonds is 3. The van der Waals surface area contributed by atoms with E-state index in [1.54, 1.807) is 18.3 Å². The van der Waals surface area contributed by atoms with Gasteiger partial charge in [0.2, 0.25) is 0 Å². The van der Waals surface area contributed by atoms with E-state index >= 15 is 0 Å². The number of anilines is 1. The minimum absolute atomic E-state index is 0.0685. The highest BCUT2D eigenvalue weighted by Crippen LogP contribution is 2.25. The molecule has 0 fully saturated rings. The molecule has 0 radical (unpaired) electrons. The first-order chi connectivity index (χ1) is 7.31. The molecule has 0 saturated carbocycles. The van der Waals surface area contributed by atoms with Crippen LogP contribution in [0.4, 0.5) is 5.69 Å². The largest absolute Gasteiger partial charge is 0.395 e. The Kier molecular flexibility index (Phi) is 2.99. The minimum Gasteiger partial charge on any atom is -0.395 e. The lowest BCUT2D eigenvalue weighted by molar-refractivity contribution is 0.311. The molecule has 0 spiro atoms. The second-order valence-electron chi connectivity index (χ2n) is 3.06. The fourth-order valence-electron chi connectivity index (χ4n) is 1.39. The van der Waals surface area contributed by atoms with Crippen molar-refractivity contribution < 1.29 is 5.11 Å². The third-order valence-electron chi connectivity index (χ3n) is 2.00. The molecule has 0 atom stereocenters. The normalized spacial score (nSPS) is 10.5. The third-order valence-corrected chi connectivity index (χ3v) is 2.22. The Hall–Kier alpha value is -1.39. The van der Waals surface area contributed by atoms with Crippen molar-refractivity contribution in [3.05, 3.63) is 29.7 Å². The van der Waals surface area contributed by atoms with Gasteiger partial charge in [-0.15, -0.1) is 0 Å². The van der Waals surface area contributed by atoms with Crippen molar-refractivity contribution >= 4 is 28.2 Å². The summed E-state index contributed by atoms with van der Waals surface area (Å²) in [6, 6.07) is 3.59. The van der Waals surface area contributed by atoms with E-state index in [4.69, 9.17) is 16.7 Å². The molecule has 0 bridgehead atoms. The monoisotopic (exact) mass is 223 g/mol. The van der Waals surface area contributed by atoms with Crippen molar-refractivity contribution in [2.45, 2.75) is 0 Å². The van der Waals surface area contributed by atoms with E-state index in [1.807, 2.05) is 0 Å². The Balaban J connectivity index is 2.50. The number of aromatic nitrogens is 2. The number of nitrogens with zero attached hydrogens (tertiary/aromatic N) is 2. The van der Waals surface area contributed by atoms with Crippen LogP contribution >= 0.6 is 11.6 Å². The maximum atomic E-state index is 8.74. The number of hydrogen-bond acceptors (Lipinski definition) is 4. The number of aliphatic hydroxyl groups excluding tert-OH is 1. The molecule has 0 saturated heterocycles. The summed E-state index contributed by atoms with van der Waals surface area (Å²) in [6.45, 7) is 0.540. The highest BCUT2D eigenvalue weighted by molar-refractivity contribution is 6.31. The molecule has 78 valence electrons. The second-order valence-corrected chi connectivity index (χ2v) is 3.50. The number of fused-ring (bicyclic) bond motifs is 1. The third kappa shape index (κ3) is 2.16. The topological polar surface area (TPSA) is 58.0 Å². The van der Waals surface area contributed by atoms with Gasteiger partial charge in [-0.2, -0.15) is 0 Å². The summed E-state index contributed by atoms with van der Waals surface area (Å²) in [6.07, 6.45) is 3.19. The fourth-order valence-corrected chi connectivity index (χ4v) is 1.62. The number of hydrogen-bond donors (Lipinski definition) is 2. The lowest BCUT2D eigenvalue weighted by Crippen LogP contribution is -2.06. The number of halogens is 1. The molecular weight excluding hydrogens is 214 g/mol. The van der Waals surface area contributed by atoms with Gasteiger partial charge >= 0.3 is 0 Å². The molecule has 2 N–H and O–H groups in total. The molecule has 0 aliphatic heterocycles. The van der Waals surface area contributed by atoms with Gasteiger partial charge in [0.25, 0.3) is 0 Å². The molecule has 5 heteroatoms. The quantitative estimate of drug-likeness (QED) is 0.832. The van der Waals surface area contributed by atoms with Crippen LogP contribution in [-0.2, 0) is 0 Å². The van der Waals surface area contributed by atoms with Crippen LogP contribution in [0.15, 0.2) is 24.7 Å². The van der Waals surface area contributed by atoms with Crippen LogP contribution in [0.1, 0.15) is 0 Å². The maximum absolute atomic E-state index is 8.74. The van der Waals surface area contributed by atoms with Crippen LogP contribution in [0, 0.1) is 0 Å². The smallest absolute Gasteiger partial charge is 0.116 e. The van der Waals surface area contributed by atoms with Crippen molar-refractivity contribution in [3.8, 4) is 0 Å². The van der Waals surface area contributed by atoms with Gasteiger partial charge in [-0.3, -0.25) is 0 Å². The highest BCUT2D eigenvalue weighted by Gasteiger charge is 2.03. The summed E-state index contributed by atoms with van der Waals surface area (Å²) in [5, 5.41) is 13.3. The van der Waals surface area contributed by atoms with E-state index in [9.17, 15) is 0 Å². The van der Waals surface area contributed by atoms with E-state index in [-0.39, 0.29) is 6.61 Å². The van der Waals surface area contributed by atoms with E-state index < -0.39 is 0 Å². The van der Waals surface area contributed by atoms with Crippen molar-refractivity contribution in [1.29, 1.82) is 0 Å². The fraction of sp³-hybridized carbons (Fsp3) is 0.200. The Labute approximate surface area is 91.9 Å². The maximum Gasteiger partial charge on any atom is 0.116 e. The Bertz CT molecular complexity index is 475. The predicted octanol–water partition coefficient (Wildman–Crippen LogP) is 1.69. The van der Waals surface area contributed by atoms with Crippen LogP contribution in [0.3, 0.4) is 0 Å². The summed E-state index contributed by atoms with van der Waals surface area (Å²) >= 11 is 5.94. The lowest BCUT2D eigenvalue weighted by atomic mass is 10.2. The van der Waals surface area contributed by atoms with Crippen LogP contribution in [0.25, 0.3) is 10.9 Å². The SMILES string of the molecule is OCCNc1cc(Cl)cc2cncnc12.